The molecule has 0 aliphatic carbocycles. The molecule has 1 rings (SSSR count). The lowest BCUT2D eigenvalue weighted by molar-refractivity contribution is 0.1000. The zero-order valence-electron chi connectivity index (χ0n) is 11.7. The van der Waals surface area contributed by atoms with Crippen LogP contribution < -0.4 is 16.2 Å². The van der Waals surface area contributed by atoms with Crippen molar-refractivity contribution < 1.29 is 13.2 Å². The van der Waals surface area contributed by atoms with Gasteiger partial charge in [-0.15, -0.1) is 0 Å². The summed E-state index contributed by atoms with van der Waals surface area (Å²) >= 11 is 0. The number of amides is 1. The first-order chi connectivity index (χ1) is 9.27. The molecule has 0 saturated carbocycles. The highest BCUT2D eigenvalue weighted by atomic mass is 32.2. The maximum absolute atomic E-state index is 12.2. The molecule has 6 nitrogen and oxygen atoms in total. The zero-order chi connectivity index (χ0) is 15.3. The van der Waals surface area contributed by atoms with Crippen molar-refractivity contribution in [2.75, 3.05) is 5.73 Å². The molecule has 0 aliphatic heterocycles. The van der Waals surface area contributed by atoms with E-state index in [1.165, 1.54) is 18.2 Å². The number of sulfonamides is 1. The summed E-state index contributed by atoms with van der Waals surface area (Å²) in [4.78, 5) is 11.0. The number of carbonyl (C=O) groups excluding carboxylic acids is 1. The predicted molar refractivity (Wildman–Crippen MR) is 78.7 cm³/mol. The molecule has 20 heavy (non-hydrogen) atoms. The molecular weight excluding hydrogens is 278 g/mol. The van der Waals surface area contributed by atoms with Crippen molar-refractivity contribution in [3.63, 3.8) is 0 Å². The molecule has 1 amide bonds. The molecule has 0 aliphatic rings. The van der Waals surface area contributed by atoms with Crippen molar-refractivity contribution in [1.82, 2.24) is 4.72 Å². The van der Waals surface area contributed by atoms with Crippen LogP contribution in [0.2, 0.25) is 0 Å². The van der Waals surface area contributed by atoms with E-state index in [0.29, 0.717) is 0 Å². The highest BCUT2D eigenvalue weighted by Gasteiger charge is 2.20. The van der Waals surface area contributed by atoms with Crippen LogP contribution in [0.3, 0.4) is 0 Å². The van der Waals surface area contributed by atoms with E-state index >= 15 is 0 Å². The number of nitrogens with one attached hydrogen (secondary N) is 1. The van der Waals surface area contributed by atoms with Crippen LogP contribution in [0.1, 0.15) is 43.5 Å². The summed E-state index contributed by atoms with van der Waals surface area (Å²) in [6, 6.07) is 3.75. The number of rotatable bonds is 7. The number of benzene rings is 1. The van der Waals surface area contributed by atoms with Crippen molar-refractivity contribution in [3.05, 3.63) is 23.8 Å². The van der Waals surface area contributed by atoms with E-state index < -0.39 is 15.9 Å². The van der Waals surface area contributed by atoms with Gasteiger partial charge in [0.1, 0.15) is 4.90 Å². The van der Waals surface area contributed by atoms with Gasteiger partial charge in [0.15, 0.2) is 0 Å². The van der Waals surface area contributed by atoms with Gasteiger partial charge < -0.3 is 11.5 Å². The Morgan fingerprint density at radius 1 is 1.40 bits per heavy atom. The minimum Gasteiger partial charge on any atom is -0.398 e. The Balaban J connectivity index is 2.95. The van der Waals surface area contributed by atoms with Gasteiger partial charge in [-0.05, 0) is 31.5 Å². The van der Waals surface area contributed by atoms with Crippen LogP contribution >= 0.6 is 0 Å². The molecule has 0 heterocycles. The van der Waals surface area contributed by atoms with Gasteiger partial charge in [0.2, 0.25) is 15.9 Å². The normalized spacial score (nSPS) is 13.1. The summed E-state index contributed by atoms with van der Waals surface area (Å²) in [7, 11) is -3.69. The number of nitrogen functional groups attached to an aromatic ring is 1. The van der Waals surface area contributed by atoms with E-state index in [0.717, 1.165) is 19.3 Å². The SMILES string of the molecule is CCCCC(C)NS(=O)(=O)c1ccc(C(N)=O)cc1N. The minimum atomic E-state index is -3.69. The van der Waals surface area contributed by atoms with Gasteiger partial charge in [0.05, 0.1) is 5.69 Å². The predicted octanol–water partition coefficient (Wildman–Crippen LogP) is 1.22. The second-order valence-corrected chi connectivity index (χ2v) is 6.46. The standard InChI is InChI=1S/C13H21N3O3S/c1-3-4-5-9(2)16-20(18,19)12-7-6-10(13(15)17)8-11(12)14/h6-9,16H,3-5,14H2,1-2H3,(H2,15,17). The summed E-state index contributed by atoms with van der Waals surface area (Å²) < 4.78 is 27.0. The number of unbranched alkanes of at least 4 members (excludes halogenated alkanes) is 1. The summed E-state index contributed by atoms with van der Waals surface area (Å²) in [5.74, 6) is -0.648. The lowest BCUT2D eigenvalue weighted by Gasteiger charge is -2.15. The van der Waals surface area contributed by atoms with Crippen LogP contribution in [0.25, 0.3) is 0 Å². The first-order valence-electron chi connectivity index (χ1n) is 6.49. The molecule has 0 spiro atoms. The van der Waals surface area contributed by atoms with Crippen LogP contribution in [-0.4, -0.2) is 20.4 Å². The molecule has 1 atom stereocenters. The number of nitrogens with two attached hydrogens (primary N) is 2. The number of primary amides is 1. The number of carbonyl (C=O) groups is 1. The maximum Gasteiger partial charge on any atom is 0.248 e. The molecule has 0 radical (unpaired) electrons. The monoisotopic (exact) mass is 299 g/mol. The lowest BCUT2D eigenvalue weighted by atomic mass is 10.2. The quantitative estimate of drug-likeness (QED) is 0.656. The third-order valence-electron chi connectivity index (χ3n) is 2.93. The summed E-state index contributed by atoms with van der Waals surface area (Å²) in [5.41, 5.74) is 11.0. The highest BCUT2D eigenvalue weighted by Crippen LogP contribution is 2.20. The van der Waals surface area contributed by atoms with E-state index in [1.54, 1.807) is 6.92 Å². The molecule has 0 aromatic heterocycles. The summed E-state index contributed by atoms with van der Waals surface area (Å²) in [6.45, 7) is 3.85. The van der Waals surface area contributed by atoms with E-state index in [9.17, 15) is 13.2 Å². The van der Waals surface area contributed by atoms with Gasteiger partial charge in [-0.25, -0.2) is 13.1 Å². The van der Waals surface area contributed by atoms with Gasteiger partial charge in [-0.3, -0.25) is 4.79 Å². The van der Waals surface area contributed by atoms with Crippen molar-refractivity contribution in [2.24, 2.45) is 5.73 Å². The number of hydrogen-bond acceptors (Lipinski definition) is 4. The molecule has 1 aromatic carbocycles. The van der Waals surface area contributed by atoms with E-state index in [4.69, 9.17) is 11.5 Å². The fourth-order valence-electron chi connectivity index (χ4n) is 1.84. The Morgan fingerprint density at radius 3 is 2.55 bits per heavy atom. The first-order valence-corrected chi connectivity index (χ1v) is 7.98. The molecular formula is C13H21N3O3S. The van der Waals surface area contributed by atoms with Gasteiger partial charge in [0.25, 0.3) is 0 Å². The Bertz CT molecular complexity index is 585. The van der Waals surface area contributed by atoms with Gasteiger partial charge in [-0.1, -0.05) is 19.8 Å². The zero-order valence-corrected chi connectivity index (χ0v) is 12.5. The van der Waals surface area contributed by atoms with Crippen LogP contribution in [0.5, 0.6) is 0 Å². The maximum atomic E-state index is 12.2. The van der Waals surface area contributed by atoms with Crippen LogP contribution in [0.4, 0.5) is 5.69 Å². The molecule has 1 unspecified atom stereocenters. The van der Waals surface area contributed by atoms with Gasteiger partial charge in [-0.2, -0.15) is 0 Å². The van der Waals surface area contributed by atoms with Crippen molar-refractivity contribution in [3.8, 4) is 0 Å². The Labute approximate surface area is 119 Å². The number of hydrogen-bond donors (Lipinski definition) is 3. The Hall–Kier alpha value is -1.60. The van der Waals surface area contributed by atoms with E-state index in [2.05, 4.69) is 4.72 Å². The van der Waals surface area contributed by atoms with Crippen molar-refractivity contribution in [2.45, 2.75) is 44.0 Å². The average molecular weight is 299 g/mol. The highest BCUT2D eigenvalue weighted by molar-refractivity contribution is 7.89. The largest absolute Gasteiger partial charge is 0.398 e. The average Bonchev–Trinajstić information content (AvgIpc) is 2.35. The van der Waals surface area contributed by atoms with Gasteiger partial charge in [0, 0.05) is 11.6 Å². The van der Waals surface area contributed by atoms with E-state index in [1.807, 2.05) is 6.92 Å². The van der Waals surface area contributed by atoms with E-state index in [-0.39, 0.29) is 22.2 Å². The second kappa shape index (κ2) is 6.71. The van der Waals surface area contributed by atoms with Gasteiger partial charge >= 0.3 is 0 Å². The molecule has 1 aromatic rings. The minimum absolute atomic E-state index is 0.0106. The fraction of sp³-hybridized carbons (Fsp3) is 0.462. The molecule has 5 N–H and O–H groups in total. The van der Waals surface area contributed by atoms with Crippen LogP contribution in [0.15, 0.2) is 23.1 Å². The topological polar surface area (TPSA) is 115 Å². The Kier molecular flexibility index (Phi) is 5.52. The molecule has 112 valence electrons. The summed E-state index contributed by atoms with van der Waals surface area (Å²) in [6.07, 6.45) is 2.70. The molecule has 0 saturated heterocycles. The molecule has 0 bridgehead atoms. The van der Waals surface area contributed by atoms with Crippen molar-refractivity contribution in [1.29, 1.82) is 0 Å². The van der Waals surface area contributed by atoms with Crippen molar-refractivity contribution >= 4 is 21.6 Å². The molecule has 0 fully saturated rings. The second-order valence-electron chi connectivity index (χ2n) is 4.78. The lowest BCUT2D eigenvalue weighted by Crippen LogP contribution is -2.33. The van der Waals surface area contributed by atoms with Crippen LogP contribution in [0, 0.1) is 0 Å². The first kappa shape index (κ1) is 16.5. The third-order valence-corrected chi connectivity index (χ3v) is 4.59. The van der Waals surface area contributed by atoms with Crippen LogP contribution in [-0.2, 0) is 10.0 Å². The number of anilines is 1. The summed E-state index contributed by atoms with van der Waals surface area (Å²) in [5, 5.41) is 0. The fourth-order valence-corrected chi connectivity index (χ4v) is 3.23. The Morgan fingerprint density at radius 2 is 2.05 bits per heavy atom. The molecule has 7 heteroatoms. The smallest absolute Gasteiger partial charge is 0.248 e. The third kappa shape index (κ3) is 4.21.